The molecule has 0 spiro atoms. The van der Waals surface area contributed by atoms with Crippen molar-refractivity contribution < 1.29 is 13.6 Å². The Labute approximate surface area is 116 Å². The number of aromatic nitrogens is 1. The van der Waals surface area contributed by atoms with Crippen LogP contribution < -0.4 is 5.32 Å². The second-order valence-corrected chi connectivity index (χ2v) is 4.50. The summed E-state index contributed by atoms with van der Waals surface area (Å²) in [6.45, 7) is 1.25. The average molecular weight is 272 g/mol. The van der Waals surface area contributed by atoms with Crippen molar-refractivity contribution in [1.82, 2.24) is 4.98 Å². The fourth-order valence-electron chi connectivity index (χ4n) is 2.00. The molecule has 2 aromatic heterocycles. The number of furan rings is 1. The van der Waals surface area contributed by atoms with Gasteiger partial charge in [0.2, 0.25) is 0 Å². The van der Waals surface area contributed by atoms with Gasteiger partial charge in [-0.3, -0.25) is 0 Å². The molecule has 1 aromatic carbocycles. The first-order valence-corrected chi connectivity index (χ1v) is 6.50. The number of rotatable bonds is 6. The third-order valence-electron chi connectivity index (χ3n) is 3.04. The highest BCUT2D eigenvalue weighted by Crippen LogP contribution is 2.21. The van der Waals surface area contributed by atoms with E-state index in [2.05, 4.69) is 10.3 Å². The van der Waals surface area contributed by atoms with E-state index in [0.29, 0.717) is 19.2 Å². The van der Waals surface area contributed by atoms with Gasteiger partial charge in [-0.25, -0.2) is 0 Å². The highest BCUT2D eigenvalue weighted by atomic mass is 16.5. The second kappa shape index (κ2) is 5.79. The lowest BCUT2D eigenvalue weighted by Gasteiger charge is -1.98. The van der Waals surface area contributed by atoms with Crippen molar-refractivity contribution >= 4 is 17.1 Å². The second-order valence-electron chi connectivity index (χ2n) is 4.50. The Morgan fingerprint density at radius 2 is 2.25 bits per heavy atom. The Hall–Kier alpha value is -2.27. The summed E-state index contributed by atoms with van der Waals surface area (Å²) < 4.78 is 16.0. The van der Waals surface area contributed by atoms with Gasteiger partial charge in [0.15, 0.2) is 5.58 Å². The minimum absolute atomic E-state index is 0.500. The molecule has 5 nitrogen and oxygen atoms in total. The van der Waals surface area contributed by atoms with Gasteiger partial charge in [0, 0.05) is 7.11 Å². The lowest BCUT2D eigenvalue weighted by Crippen LogP contribution is -1.97. The Morgan fingerprint density at radius 3 is 3.05 bits per heavy atom. The Bertz CT molecular complexity index is 674. The van der Waals surface area contributed by atoms with Gasteiger partial charge in [0.1, 0.15) is 11.3 Å². The molecule has 0 amide bonds. The smallest absolute Gasteiger partial charge is 0.296 e. The van der Waals surface area contributed by atoms with Crippen LogP contribution in [0.1, 0.15) is 11.3 Å². The van der Waals surface area contributed by atoms with E-state index in [-0.39, 0.29) is 0 Å². The van der Waals surface area contributed by atoms with Crippen molar-refractivity contribution in [3.8, 4) is 0 Å². The molecule has 0 fully saturated rings. The molecule has 0 bridgehead atoms. The molecular formula is C15H16N2O3. The van der Waals surface area contributed by atoms with Gasteiger partial charge in [0.05, 0.1) is 19.4 Å². The van der Waals surface area contributed by atoms with Crippen molar-refractivity contribution in [2.24, 2.45) is 0 Å². The number of hydrogen-bond donors (Lipinski definition) is 1. The molecule has 3 aromatic rings. The van der Waals surface area contributed by atoms with Crippen molar-refractivity contribution in [2.45, 2.75) is 13.0 Å². The first-order chi connectivity index (χ1) is 9.85. The van der Waals surface area contributed by atoms with Gasteiger partial charge in [-0.2, -0.15) is 4.98 Å². The molecule has 0 atom stereocenters. The predicted molar refractivity (Wildman–Crippen MR) is 75.6 cm³/mol. The van der Waals surface area contributed by atoms with E-state index in [0.717, 1.165) is 23.3 Å². The fraction of sp³-hybridized carbons (Fsp3) is 0.267. The summed E-state index contributed by atoms with van der Waals surface area (Å²) in [5.41, 5.74) is 2.80. The largest absolute Gasteiger partial charge is 0.467 e. The SMILES string of the molecule is COCCc1ccc2oc(NCc3ccco3)nc2c1. The van der Waals surface area contributed by atoms with E-state index in [1.165, 1.54) is 5.56 Å². The Balaban J connectivity index is 1.72. The van der Waals surface area contributed by atoms with Crippen LogP contribution in [0.3, 0.4) is 0 Å². The van der Waals surface area contributed by atoms with Crippen LogP contribution in [-0.4, -0.2) is 18.7 Å². The predicted octanol–water partition coefficient (Wildman–Crippen LogP) is 3.22. The molecule has 1 N–H and O–H groups in total. The minimum Gasteiger partial charge on any atom is -0.467 e. The lowest BCUT2D eigenvalue weighted by molar-refractivity contribution is 0.202. The molecule has 0 saturated heterocycles. The van der Waals surface area contributed by atoms with Crippen molar-refractivity contribution in [3.63, 3.8) is 0 Å². The molecule has 0 radical (unpaired) electrons. The van der Waals surface area contributed by atoms with E-state index >= 15 is 0 Å². The van der Waals surface area contributed by atoms with E-state index in [1.54, 1.807) is 13.4 Å². The molecule has 0 aliphatic rings. The number of ether oxygens (including phenoxy) is 1. The van der Waals surface area contributed by atoms with Crippen molar-refractivity contribution in [3.05, 3.63) is 47.9 Å². The molecule has 0 aliphatic heterocycles. The van der Waals surface area contributed by atoms with Crippen LogP contribution in [0, 0.1) is 0 Å². The number of hydrogen-bond acceptors (Lipinski definition) is 5. The summed E-state index contributed by atoms with van der Waals surface area (Å²) in [7, 11) is 1.70. The zero-order valence-corrected chi connectivity index (χ0v) is 11.3. The maximum Gasteiger partial charge on any atom is 0.296 e. The number of methoxy groups -OCH3 is 1. The van der Waals surface area contributed by atoms with Gasteiger partial charge in [-0.05, 0) is 36.2 Å². The standard InChI is InChI=1S/C15H16N2O3/c1-18-8-6-11-4-5-14-13(9-11)17-15(20-14)16-10-12-3-2-7-19-12/h2-5,7,9H,6,8,10H2,1H3,(H,16,17). The van der Waals surface area contributed by atoms with Crippen LogP contribution in [0.25, 0.3) is 11.1 Å². The topological polar surface area (TPSA) is 60.4 Å². The lowest BCUT2D eigenvalue weighted by atomic mass is 10.1. The average Bonchev–Trinajstić information content (AvgIpc) is 3.11. The number of nitrogens with zero attached hydrogens (tertiary/aromatic N) is 1. The number of oxazole rings is 1. The molecule has 20 heavy (non-hydrogen) atoms. The monoisotopic (exact) mass is 272 g/mol. The van der Waals surface area contributed by atoms with Crippen LogP contribution in [0.4, 0.5) is 6.01 Å². The first-order valence-electron chi connectivity index (χ1n) is 6.50. The van der Waals surface area contributed by atoms with E-state index < -0.39 is 0 Å². The molecule has 2 heterocycles. The summed E-state index contributed by atoms with van der Waals surface area (Å²) in [5.74, 6) is 0.841. The fourth-order valence-corrected chi connectivity index (χ4v) is 2.00. The van der Waals surface area contributed by atoms with Gasteiger partial charge in [-0.1, -0.05) is 6.07 Å². The molecule has 0 unspecified atom stereocenters. The highest BCUT2D eigenvalue weighted by molar-refractivity contribution is 5.75. The molecule has 0 saturated carbocycles. The number of nitrogens with one attached hydrogen (secondary N) is 1. The number of benzene rings is 1. The quantitative estimate of drug-likeness (QED) is 0.746. The van der Waals surface area contributed by atoms with Crippen LogP contribution in [-0.2, 0) is 17.7 Å². The number of anilines is 1. The van der Waals surface area contributed by atoms with Gasteiger partial charge in [0.25, 0.3) is 6.01 Å². The van der Waals surface area contributed by atoms with E-state index in [4.69, 9.17) is 13.6 Å². The van der Waals surface area contributed by atoms with Gasteiger partial charge in [-0.15, -0.1) is 0 Å². The molecule has 5 heteroatoms. The first kappa shape index (κ1) is 12.7. The maximum atomic E-state index is 5.63. The summed E-state index contributed by atoms with van der Waals surface area (Å²) in [6, 6.07) is 10.2. The van der Waals surface area contributed by atoms with Crippen molar-refractivity contribution in [2.75, 3.05) is 19.0 Å². The minimum atomic E-state index is 0.500. The normalized spacial score (nSPS) is 11.1. The van der Waals surface area contributed by atoms with Gasteiger partial charge < -0.3 is 18.9 Å². The third-order valence-corrected chi connectivity index (χ3v) is 3.04. The molecule has 0 aliphatic carbocycles. The highest BCUT2D eigenvalue weighted by Gasteiger charge is 2.07. The number of fused-ring (bicyclic) bond motifs is 1. The van der Waals surface area contributed by atoms with Crippen LogP contribution >= 0.6 is 0 Å². The maximum absolute atomic E-state index is 5.63. The van der Waals surface area contributed by atoms with Gasteiger partial charge >= 0.3 is 0 Å². The zero-order valence-electron chi connectivity index (χ0n) is 11.3. The Kier molecular flexibility index (Phi) is 3.69. The summed E-state index contributed by atoms with van der Waals surface area (Å²) in [6.07, 6.45) is 2.51. The Morgan fingerprint density at radius 1 is 1.30 bits per heavy atom. The van der Waals surface area contributed by atoms with Crippen molar-refractivity contribution in [1.29, 1.82) is 0 Å². The zero-order chi connectivity index (χ0) is 13.8. The van der Waals surface area contributed by atoms with Crippen LogP contribution in [0.15, 0.2) is 45.4 Å². The molecule has 104 valence electrons. The van der Waals surface area contributed by atoms with Crippen LogP contribution in [0.2, 0.25) is 0 Å². The summed E-state index contributed by atoms with van der Waals surface area (Å²) in [4.78, 5) is 4.42. The molecular weight excluding hydrogens is 256 g/mol. The summed E-state index contributed by atoms with van der Waals surface area (Å²) >= 11 is 0. The van der Waals surface area contributed by atoms with E-state index in [1.807, 2.05) is 30.3 Å². The van der Waals surface area contributed by atoms with Crippen LogP contribution in [0.5, 0.6) is 0 Å². The molecule has 3 rings (SSSR count). The third kappa shape index (κ3) is 2.83. The van der Waals surface area contributed by atoms with E-state index in [9.17, 15) is 0 Å². The summed E-state index contributed by atoms with van der Waals surface area (Å²) in [5, 5.41) is 3.10.